The number of aryl methyl sites for hydroxylation is 2. The zero-order chi connectivity index (χ0) is 17.2. The Morgan fingerprint density at radius 2 is 2.08 bits per heavy atom. The Hall–Kier alpha value is -3.16. The van der Waals surface area contributed by atoms with Gasteiger partial charge in [-0.2, -0.15) is 10.2 Å². The maximum atomic E-state index is 4.62. The number of fused-ring (bicyclic) bond motifs is 1. The highest BCUT2D eigenvalue weighted by molar-refractivity contribution is 5.51. The van der Waals surface area contributed by atoms with E-state index in [1.165, 1.54) is 0 Å². The zero-order valence-electron chi connectivity index (χ0n) is 14.2. The maximum Gasteiger partial charge on any atom is 0.162 e. The van der Waals surface area contributed by atoms with E-state index in [9.17, 15) is 0 Å². The first-order chi connectivity index (χ1) is 12.3. The van der Waals surface area contributed by atoms with Crippen molar-refractivity contribution in [2.75, 3.05) is 0 Å². The van der Waals surface area contributed by atoms with Crippen molar-refractivity contribution < 1.29 is 0 Å². The molecule has 8 heteroatoms. The van der Waals surface area contributed by atoms with Gasteiger partial charge in [0.05, 0.1) is 12.2 Å². The highest BCUT2D eigenvalue weighted by Crippen LogP contribution is 2.19. The van der Waals surface area contributed by atoms with E-state index in [4.69, 9.17) is 0 Å². The molecule has 0 N–H and O–H groups in total. The van der Waals surface area contributed by atoms with E-state index in [1.54, 1.807) is 23.2 Å². The van der Waals surface area contributed by atoms with Gasteiger partial charge in [-0.15, -0.1) is 5.10 Å². The van der Waals surface area contributed by atoms with Crippen molar-refractivity contribution in [2.24, 2.45) is 0 Å². The summed E-state index contributed by atoms with van der Waals surface area (Å²) in [6, 6.07) is 3.75. The summed E-state index contributed by atoms with van der Waals surface area (Å²) in [6.07, 6.45) is 8.99. The van der Waals surface area contributed by atoms with Gasteiger partial charge in [-0.3, -0.25) is 0 Å². The second kappa shape index (κ2) is 6.39. The minimum absolute atomic E-state index is 0.601. The summed E-state index contributed by atoms with van der Waals surface area (Å²) in [5.74, 6) is 1.52. The van der Waals surface area contributed by atoms with Crippen molar-refractivity contribution in [3.05, 3.63) is 54.1 Å². The van der Waals surface area contributed by atoms with Gasteiger partial charge in [-0.05, 0) is 25.5 Å². The molecule has 0 radical (unpaired) electrons. The Kier molecular flexibility index (Phi) is 3.93. The fourth-order valence-corrected chi connectivity index (χ4v) is 2.94. The summed E-state index contributed by atoms with van der Waals surface area (Å²) < 4.78 is 3.78. The minimum atomic E-state index is 0.601. The number of hydrogen-bond donors (Lipinski definition) is 0. The molecule has 8 nitrogen and oxygen atoms in total. The van der Waals surface area contributed by atoms with Crippen LogP contribution in [-0.2, 0) is 13.0 Å². The second-order valence-electron chi connectivity index (χ2n) is 5.83. The average Bonchev–Trinajstić information content (AvgIpc) is 3.24. The molecule has 0 aliphatic heterocycles. The van der Waals surface area contributed by atoms with Crippen LogP contribution in [-0.4, -0.2) is 39.3 Å². The Labute approximate surface area is 144 Å². The highest BCUT2D eigenvalue weighted by Gasteiger charge is 2.15. The van der Waals surface area contributed by atoms with Crippen molar-refractivity contribution in [3.63, 3.8) is 0 Å². The molecule has 0 spiro atoms. The lowest BCUT2D eigenvalue weighted by Gasteiger charge is -2.11. The van der Waals surface area contributed by atoms with Crippen LogP contribution >= 0.6 is 0 Å². The van der Waals surface area contributed by atoms with Gasteiger partial charge in [0, 0.05) is 24.2 Å². The molecule has 0 saturated heterocycles. The molecular weight excluding hydrogens is 316 g/mol. The Morgan fingerprint density at radius 1 is 1.16 bits per heavy atom. The van der Waals surface area contributed by atoms with E-state index < -0.39 is 0 Å². The lowest BCUT2D eigenvalue weighted by molar-refractivity contribution is 0.740. The third kappa shape index (κ3) is 2.86. The van der Waals surface area contributed by atoms with Gasteiger partial charge < -0.3 is 4.57 Å². The van der Waals surface area contributed by atoms with Crippen LogP contribution in [0.5, 0.6) is 0 Å². The molecule has 25 heavy (non-hydrogen) atoms. The van der Waals surface area contributed by atoms with Crippen LogP contribution in [0.15, 0.2) is 37.1 Å². The second-order valence-corrected chi connectivity index (χ2v) is 5.83. The summed E-state index contributed by atoms with van der Waals surface area (Å²) >= 11 is 0. The van der Waals surface area contributed by atoms with Crippen molar-refractivity contribution in [3.8, 4) is 11.5 Å². The Balaban J connectivity index is 1.77. The van der Waals surface area contributed by atoms with E-state index in [1.807, 2.05) is 29.8 Å². The van der Waals surface area contributed by atoms with Crippen LogP contribution in [0, 0.1) is 6.92 Å². The number of imidazole rings is 1. The molecule has 0 aliphatic rings. The topological polar surface area (TPSA) is 86.7 Å². The first kappa shape index (κ1) is 15.4. The number of hydrogen-bond acceptors (Lipinski definition) is 6. The lowest BCUT2D eigenvalue weighted by Crippen LogP contribution is -2.09. The molecule has 0 aliphatic carbocycles. The summed E-state index contributed by atoms with van der Waals surface area (Å²) in [4.78, 5) is 13.6. The van der Waals surface area contributed by atoms with Crippen molar-refractivity contribution in [2.45, 2.75) is 33.2 Å². The van der Waals surface area contributed by atoms with Crippen LogP contribution in [0.1, 0.15) is 30.4 Å². The van der Waals surface area contributed by atoms with Gasteiger partial charge in [0.15, 0.2) is 11.5 Å². The molecule has 0 bridgehead atoms. The SMILES string of the molecule is CCCc1c(Cn2ccnc2-c2cccnn2)ncn2nc(C)nc12. The predicted octanol–water partition coefficient (Wildman–Crippen LogP) is 2.09. The van der Waals surface area contributed by atoms with E-state index in [0.29, 0.717) is 6.54 Å². The van der Waals surface area contributed by atoms with Crippen LogP contribution in [0.2, 0.25) is 0 Å². The third-order valence-electron chi connectivity index (χ3n) is 4.02. The van der Waals surface area contributed by atoms with E-state index in [-0.39, 0.29) is 0 Å². The van der Waals surface area contributed by atoms with Gasteiger partial charge in [-0.1, -0.05) is 13.3 Å². The molecule has 0 atom stereocenters. The zero-order valence-corrected chi connectivity index (χ0v) is 14.2. The molecule has 0 fully saturated rings. The van der Waals surface area contributed by atoms with Crippen LogP contribution in [0.3, 0.4) is 0 Å². The van der Waals surface area contributed by atoms with Gasteiger partial charge in [0.2, 0.25) is 0 Å². The predicted molar refractivity (Wildman–Crippen MR) is 91.9 cm³/mol. The Bertz CT molecular complexity index is 1000. The average molecular weight is 334 g/mol. The van der Waals surface area contributed by atoms with Crippen LogP contribution in [0.4, 0.5) is 0 Å². The van der Waals surface area contributed by atoms with Crippen molar-refractivity contribution in [1.82, 2.24) is 39.3 Å². The van der Waals surface area contributed by atoms with Crippen molar-refractivity contribution >= 4 is 5.65 Å². The molecule has 4 rings (SSSR count). The molecule has 126 valence electrons. The van der Waals surface area contributed by atoms with Gasteiger partial charge >= 0.3 is 0 Å². The molecule has 4 aromatic heterocycles. The maximum absolute atomic E-state index is 4.62. The molecule has 4 heterocycles. The van der Waals surface area contributed by atoms with E-state index in [0.717, 1.165) is 47.1 Å². The number of aromatic nitrogens is 8. The lowest BCUT2D eigenvalue weighted by atomic mass is 10.1. The fraction of sp³-hybridized carbons (Fsp3) is 0.294. The van der Waals surface area contributed by atoms with Gasteiger partial charge in [0.1, 0.15) is 17.8 Å². The fourth-order valence-electron chi connectivity index (χ4n) is 2.94. The molecule has 4 aromatic rings. The first-order valence-electron chi connectivity index (χ1n) is 8.25. The number of rotatable bonds is 5. The monoisotopic (exact) mass is 334 g/mol. The summed E-state index contributed by atoms with van der Waals surface area (Å²) in [7, 11) is 0. The summed E-state index contributed by atoms with van der Waals surface area (Å²) in [6.45, 7) is 4.65. The third-order valence-corrected chi connectivity index (χ3v) is 4.02. The smallest absolute Gasteiger partial charge is 0.162 e. The summed E-state index contributed by atoms with van der Waals surface area (Å²) in [5, 5.41) is 12.5. The molecule has 0 saturated carbocycles. The number of nitrogens with zero attached hydrogens (tertiary/aromatic N) is 8. The van der Waals surface area contributed by atoms with Gasteiger partial charge in [-0.25, -0.2) is 19.5 Å². The Morgan fingerprint density at radius 3 is 2.88 bits per heavy atom. The molecule has 0 unspecified atom stereocenters. The normalized spacial score (nSPS) is 11.3. The van der Waals surface area contributed by atoms with Crippen LogP contribution < -0.4 is 0 Å². The van der Waals surface area contributed by atoms with Crippen molar-refractivity contribution in [1.29, 1.82) is 0 Å². The largest absolute Gasteiger partial charge is 0.324 e. The van der Waals surface area contributed by atoms with Gasteiger partial charge in [0.25, 0.3) is 0 Å². The first-order valence-corrected chi connectivity index (χ1v) is 8.25. The summed E-state index contributed by atoms with van der Waals surface area (Å²) in [5.41, 5.74) is 3.73. The minimum Gasteiger partial charge on any atom is -0.324 e. The van der Waals surface area contributed by atoms with E-state index >= 15 is 0 Å². The van der Waals surface area contributed by atoms with Crippen LogP contribution in [0.25, 0.3) is 17.2 Å². The standard InChI is InChI=1S/C17H18N8/c1-3-5-13-15(19-11-25-16(13)21-12(2)23-25)10-24-9-8-18-17(24)14-6-4-7-20-22-14/h4,6-9,11H,3,5,10H2,1-2H3. The highest BCUT2D eigenvalue weighted by atomic mass is 15.3. The molecule has 0 aromatic carbocycles. The molecule has 0 amide bonds. The quantitative estimate of drug-likeness (QED) is 0.555. The van der Waals surface area contributed by atoms with E-state index in [2.05, 4.69) is 37.2 Å². The molecular formula is C17H18N8.